The highest BCUT2D eigenvalue weighted by Gasteiger charge is 2.08. The van der Waals surface area contributed by atoms with Crippen molar-refractivity contribution < 1.29 is 14.3 Å². The van der Waals surface area contributed by atoms with Crippen molar-refractivity contribution in [2.45, 2.75) is 19.8 Å². The molecule has 0 unspecified atom stereocenters. The number of ether oxygens (including phenoxy) is 2. The first kappa shape index (κ1) is 21.2. The fourth-order valence-corrected chi connectivity index (χ4v) is 3.01. The first-order valence-corrected chi connectivity index (χ1v) is 10.3. The average Bonchev–Trinajstić information content (AvgIpc) is 2.78. The maximum Gasteiger partial charge on any atom is 0.243 e. The molecule has 0 aliphatic carbocycles. The number of carbonyl (C=O) groups excluding carboxylic acids is 1. The maximum atomic E-state index is 12.4. The lowest BCUT2D eigenvalue weighted by atomic mass is 10.1. The van der Waals surface area contributed by atoms with Gasteiger partial charge in [-0.1, -0.05) is 42.5 Å². The van der Waals surface area contributed by atoms with Crippen molar-refractivity contribution in [2.24, 2.45) is 0 Å². The van der Waals surface area contributed by atoms with Crippen LogP contribution in [0.25, 0.3) is 0 Å². The summed E-state index contributed by atoms with van der Waals surface area (Å²) in [6.07, 6.45) is 1.87. The van der Waals surface area contributed by atoms with Crippen molar-refractivity contribution in [3.8, 4) is 11.5 Å². The molecular weight excluding hydrogens is 376 g/mol. The van der Waals surface area contributed by atoms with E-state index in [4.69, 9.17) is 9.47 Å². The Morgan fingerprint density at radius 2 is 1.60 bits per heavy atom. The molecule has 0 aliphatic rings. The largest absolute Gasteiger partial charge is 0.494 e. The average molecular weight is 405 g/mol. The number of para-hydroxylation sites is 2. The van der Waals surface area contributed by atoms with Crippen LogP contribution in [-0.4, -0.2) is 25.7 Å². The molecule has 0 fully saturated rings. The summed E-state index contributed by atoms with van der Waals surface area (Å²) in [6.45, 7) is 3.33. The lowest BCUT2D eigenvalue weighted by Crippen LogP contribution is -2.22. The molecule has 3 aromatic carbocycles. The monoisotopic (exact) mass is 404 g/mol. The summed E-state index contributed by atoms with van der Waals surface area (Å²) in [4.78, 5) is 12.4. The fourth-order valence-electron chi connectivity index (χ4n) is 3.01. The second-order valence-electron chi connectivity index (χ2n) is 6.79. The summed E-state index contributed by atoms with van der Waals surface area (Å²) in [5, 5.41) is 6.04. The van der Waals surface area contributed by atoms with Gasteiger partial charge >= 0.3 is 0 Å². The highest BCUT2D eigenvalue weighted by molar-refractivity contribution is 5.95. The minimum absolute atomic E-state index is 0.135. The second kappa shape index (κ2) is 11.5. The molecule has 0 heterocycles. The molecule has 0 bridgehead atoms. The third kappa shape index (κ3) is 6.85. The molecule has 0 radical (unpaired) electrons. The Kier molecular flexibility index (Phi) is 8.15. The van der Waals surface area contributed by atoms with Gasteiger partial charge in [-0.15, -0.1) is 0 Å². The third-order valence-electron chi connectivity index (χ3n) is 4.49. The zero-order valence-corrected chi connectivity index (χ0v) is 17.3. The summed E-state index contributed by atoms with van der Waals surface area (Å²) < 4.78 is 11.3. The third-order valence-corrected chi connectivity index (χ3v) is 4.49. The molecular formula is C25H28N2O3. The molecule has 0 aliphatic heterocycles. The van der Waals surface area contributed by atoms with E-state index in [1.807, 2.05) is 73.7 Å². The number of rotatable bonds is 11. The van der Waals surface area contributed by atoms with Crippen LogP contribution >= 0.6 is 0 Å². The summed E-state index contributed by atoms with van der Waals surface area (Å²) in [7, 11) is 0. The topological polar surface area (TPSA) is 59.6 Å². The van der Waals surface area contributed by atoms with Gasteiger partial charge in [-0.05, 0) is 61.7 Å². The van der Waals surface area contributed by atoms with Gasteiger partial charge in [0.15, 0.2) is 0 Å². The van der Waals surface area contributed by atoms with Crippen LogP contribution in [0.15, 0.2) is 78.9 Å². The summed E-state index contributed by atoms with van der Waals surface area (Å²) in [5.74, 6) is 1.36. The SMILES string of the molecule is CCOc1ccc(NCC(=O)Nc2ccccc2OCCCc2ccccc2)cc1. The van der Waals surface area contributed by atoms with Crippen LogP contribution in [0.5, 0.6) is 11.5 Å². The molecule has 3 aromatic rings. The Labute approximate surface area is 178 Å². The van der Waals surface area contributed by atoms with Crippen molar-refractivity contribution in [1.29, 1.82) is 0 Å². The molecule has 0 spiro atoms. The molecule has 3 rings (SSSR count). The lowest BCUT2D eigenvalue weighted by molar-refractivity contribution is -0.114. The standard InChI is InChI=1S/C25H28N2O3/c1-2-29-22-16-14-21(15-17-22)26-19-25(28)27-23-12-6-7-13-24(23)30-18-8-11-20-9-4-3-5-10-20/h3-7,9-10,12-17,26H,2,8,11,18-19H2,1H3,(H,27,28). The summed E-state index contributed by atoms with van der Waals surface area (Å²) in [5.41, 5.74) is 2.83. The van der Waals surface area contributed by atoms with Crippen molar-refractivity contribution in [3.05, 3.63) is 84.4 Å². The number of carbonyl (C=O) groups is 1. The van der Waals surface area contributed by atoms with Crippen LogP contribution in [0.2, 0.25) is 0 Å². The Hall–Kier alpha value is -3.47. The zero-order valence-electron chi connectivity index (χ0n) is 17.3. The minimum atomic E-state index is -0.135. The van der Waals surface area contributed by atoms with Gasteiger partial charge in [-0.2, -0.15) is 0 Å². The molecule has 5 heteroatoms. The van der Waals surface area contributed by atoms with Gasteiger partial charge in [0.2, 0.25) is 5.91 Å². The van der Waals surface area contributed by atoms with E-state index in [9.17, 15) is 4.79 Å². The Balaban J connectivity index is 1.45. The number of amides is 1. The van der Waals surface area contributed by atoms with E-state index in [-0.39, 0.29) is 12.5 Å². The van der Waals surface area contributed by atoms with Crippen LogP contribution in [0.4, 0.5) is 11.4 Å². The van der Waals surface area contributed by atoms with Gasteiger partial charge in [-0.3, -0.25) is 4.79 Å². The first-order valence-electron chi connectivity index (χ1n) is 10.3. The predicted molar refractivity (Wildman–Crippen MR) is 121 cm³/mol. The molecule has 1 amide bonds. The molecule has 156 valence electrons. The number of benzene rings is 3. The van der Waals surface area contributed by atoms with Crippen molar-refractivity contribution in [3.63, 3.8) is 0 Å². The Bertz CT molecular complexity index is 911. The molecule has 0 atom stereocenters. The van der Waals surface area contributed by atoms with E-state index >= 15 is 0 Å². The van der Waals surface area contributed by atoms with E-state index in [0.717, 1.165) is 24.3 Å². The van der Waals surface area contributed by atoms with E-state index in [1.54, 1.807) is 0 Å². The number of anilines is 2. The molecule has 5 nitrogen and oxygen atoms in total. The second-order valence-corrected chi connectivity index (χ2v) is 6.79. The lowest BCUT2D eigenvalue weighted by Gasteiger charge is -2.13. The van der Waals surface area contributed by atoms with Gasteiger partial charge < -0.3 is 20.1 Å². The van der Waals surface area contributed by atoms with E-state index < -0.39 is 0 Å². The molecule has 2 N–H and O–H groups in total. The minimum Gasteiger partial charge on any atom is -0.494 e. The normalized spacial score (nSPS) is 10.3. The Morgan fingerprint density at radius 3 is 2.37 bits per heavy atom. The van der Waals surface area contributed by atoms with Crippen LogP contribution in [-0.2, 0) is 11.2 Å². The zero-order chi connectivity index (χ0) is 21.0. The molecule has 30 heavy (non-hydrogen) atoms. The number of hydrogen-bond donors (Lipinski definition) is 2. The van der Waals surface area contributed by atoms with Gasteiger partial charge in [0.05, 0.1) is 25.4 Å². The van der Waals surface area contributed by atoms with Crippen molar-refractivity contribution >= 4 is 17.3 Å². The van der Waals surface area contributed by atoms with E-state index in [0.29, 0.717) is 24.7 Å². The van der Waals surface area contributed by atoms with Crippen LogP contribution in [0.1, 0.15) is 18.9 Å². The summed E-state index contributed by atoms with van der Waals surface area (Å²) in [6, 6.07) is 25.4. The van der Waals surface area contributed by atoms with E-state index in [2.05, 4.69) is 22.8 Å². The van der Waals surface area contributed by atoms with Gasteiger partial charge in [-0.25, -0.2) is 0 Å². The number of nitrogens with one attached hydrogen (secondary N) is 2. The highest BCUT2D eigenvalue weighted by atomic mass is 16.5. The predicted octanol–water partition coefficient (Wildman–Crippen LogP) is 5.15. The van der Waals surface area contributed by atoms with Crippen LogP contribution < -0.4 is 20.1 Å². The quantitative estimate of drug-likeness (QED) is 0.434. The molecule has 0 saturated heterocycles. The van der Waals surface area contributed by atoms with Gasteiger partial charge in [0.1, 0.15) is 11.5 Å². The first-order chi connectivity index (χ1) is 14.7. The smallest absolute Gasteiger partial charge is 0.243 e. The maximum absolute atomic E-state index is 12.4. The Morgan fingerprint density at radius 1 is 0.867 bits per heavy atom. The fraction of sp³-hybridized carbons (Fsp3) is 0.240. The van der Waals surface area contributed by atoms with Gasteiger partial charge in [0, 0.05) is 5.69 Å². The number of aryl methyl sites for hydroxylation is 1. The number of hydrogen-bond acceptors (Lipinski definition) is 4. The highest BCUT2D eigenvalue weighted by Crippen LogP contribution is 2.24. The molecule has 0 saturated carbocycles. The summed E-state index contributed by atoms with van der Waals surface area (Å²) >= 11 is 0. The molecule has 0 aromatic heterocycles. The van der Waals surface area contributed by atoms with E-state index in [1.165, 1.54) is 5.56 Å². The van der Waals surface area contributed by atoms with Gasteiger partial charge in [0.25, 0.3) is 0 Å². The van der Waals surface area contributed by atoms with Crippen LogP contribution in [0.3, 0.4) is 0 Å². The van der Waals surface area contributed by atoms with Crippen molar-refractivity contribution in [1.82, 2.24) is 0 Å². The van der Waals surface area contributed by atoms with Crippen LogP contribution in [0, 0.1) is 0 Å². The van der Waals surface area contributed by atoms with Crippen molar-refractivity contribution in [2.75, 3.05) is 30.4 Å².